The van der Waals surface area contributed by atoms with Crippen molar-refractivity contribution in [1.29, 1.82) is 0 Å². The molecule has 0 aromatic heterocycles. The van der Waals surface area contributed by atoms with Crippen molar-refractivity contribution in [2.75, 3.05) is 46.1 Å². The first-order chi connectivity index (χ1) is 9.74. The van der Waals surface area contributed by atoms with Crippen molar-refractivity contribution < 1.29 is 23.9 Å². The summed E-state index contributed by atoms with van der Waals surface area (Å²) in [5, 5.41) is 0. The first-order valence-electron chi connectivity index (χ1n) is 7.00. The Hall–Kier alpha value is -1.59. The number of quaternary nitrogens is 1. The molecule has 20 heavy (non-hydrogen) atoms. The molecule has 0 atom stereocenters. The van der Waals surface area contributed by atoms with Gasteiger partial charge in [0, 0.05) is 0 Å². The van der Waals surface area contributed by atoms with E-state index < -0.39 is 0 Å². The van der Waals surface area contributed by atoms with E-state index in [0.29, 0.717) is 12.4 Å². The second-order valence-electron chi connectivity index (χ2n) is 4.93. The molecule has 1 heterocycles. The van der Waals surface area contributed by atoms with Crippen LogP contribution in [-0.4, -0.2) is 52.0 Å². The summed E-state index contributed by atoms with van der Waals surface area (Å²) < 4.78 is 15.8. The van der Waals surface area contributed by atoms with E-state index in [9.17, 15) is 4.79 Å². The smallest absolute Gasteiger partial charge is 0.344 e. The number of ether oxygens (including phenoxy) is 3. The minimum Gasteiger partial charge on any atom is -0.482 e. The van der Waals surface area contributed by atoms with E-state index in [-0.39, 0.29) is 12.6 Å². The number of carbonyl (C=O) groups excluding carboxylic acids is 1. The number of nitrogens with one attached hydrogen (secondary N) is 1. The SMILES string of the molecule is Cc1ccc(OCC(=O)OCC[NH+]2CCOCC2)cc1. The van der Waals surface area contributed by atoms with Crippen molar-refractivity contribution in [1.82, 2.24) is 0 Å². The summed E-state index contributed by atoms with van der Waals surface area (Å²) in [5.41, 5.74) is 1.16. The van der Waals surface area contributed by atoms with E-state index in [1.54, 1.807) is 0 Å². The second kappa shape index (κ2) is 7.87. The number of esters is 1. The number of rotatable bonds is 6. The molecule has 1 fully saturated rings. The van der Waals surface area contributed by atoms with Crippen LogP contribution in [0, 0.1) is 6.92 Å². The lowest BCUT2D eigenvalue weighted by atomic mass is 10.2. The topological polar surface area (TPSA) is 49.2 Å². The van der Waals surface area contributed by atoms with Gasteiger partial charge in [0.15, 0.2) is 6.61 Å². The Labute approximate surface area is 119 Å². The maximum absolute atomic E-state index is 11.5. The molecule has 1 N–H and O–H groups in total. The summed E-state index contributed by atoms with van der Waals surface area (Å²) >= 11 is 0. The van der Waals surface area contributed by atoms with Gasteiger partial charge in [-0.15, -0.1) is 0 Å². The standard InChI is InChI=1S/C15H21NO4/c1-13-2-4-14(5-3-13)20-12-15(17)19-11-8-16-6-9-18-10-7-16/h2-5H,6-12H2,1H3/p+1. The van der Waals surface area contributed by atoms with E-state index in [1.807, 2.05) is 31.2 Å². The van der Waals surface area contributed by atoms with Crippen LogP contribution < -0.4 is 9.64 Å². The van der Waals surface area contributed by atoms with E-state index in [4.69, 9.17) is 14.2 Å². The van der Waals surface area contributed by atoms with Crippen LogP contribution in [0.5, 0.6) is 5.75 Å². The van der Waals surface area contributed by atoms with Gasteiger partial charge in [-0.05, 0) is 19.1 Å². The van der Waals surface area contributed by atoms with Gasteiger partial charge < -0.3 is 19.1 Å². The third-order valence-electron chi connectivity index (χ3n) is 3.30. The molecule has 0 unspecified atom stereocenters. The summed E-state index contributed by atoms with van der Waals surface area (Å²) in [7, 11) is 0. The zero-order valence-corrected chi connectivity index (χ0v) is 11.9. The van der Waals surface area contributed by atoms with Gasteiger partial charge in [-0.2, -0.15) is 0 Å². The quantitative estimate of drug-likeness (QED) is 0.735. The molecule has 1 aliphatic rings. The Kier molecular flexibility index (Phi) is 5.83. The van der Waals surface area contributed by atoms with Crippen molar-refractivity contribution in [3.8, 4) is 5.75 Å². The Morgan fingerprint density at radius 3 is 2.65 bits per heavy atom. The molecule has 1 aromatic carbocycles. The molecular formula is C15H22NO4+. The molecule has 5 nitrogen and oxygen atoms in total. The van der Waals surface area contributed by atoms with E-state index in [0.717, 1.165) is 38.4 Å². The second-order valence-corrected chi connectivity index (χ2v) is 4.93. The Morgan fingerprint density at radius 2 is 1.95 bits per heavy atom. The van der Waals surface area contributed by atoms with Crippen molar-refractivity contribution >= 4 is 5.97 Å². The molecule has 0 spiro atoms. The zero-order chi connectivity index (χ0) is 14.2. The molecular weight excluding hydrogens is 258 g/mol. The number of morpholine rings is 1. The first kappa shape index (κ1) is 14.8. The van der Waals surface area contributed by atoms with Gasteiger partial charge in [0.25, 0.3) is 0 Å². The van der Waals surface area contributed by atoms with Crippen LogP contribution in [0.3, 0.4) is 0 Å². The van der Waals surface area contributed by atoms with E-state index in [2.05, 4.69) is 0 Å². The lowest BCUT2D eigenvalue weighted by molar-refractivity contribution is -0.908. The monoisotopic (exact) mass is 280 g/mol. The Balaban J connectivity index is 1.59. The number of aryl methyl sites for hydroxylation is 1. The van der Waals surface area contributed by atoms with Gasteiger partial charge in [0.2, 0.25) is 0 Å². The molecule has 0 amide bonds. The lowest BCUT2D eigenvalue weighted by Crippen LogP contribution is -3.14. The molecule has 0 saturated carbocycles. The highest BCUT2D eigenvalue weighted by molar-refractivity contribution is 5.71. The lowest BCUT2D eigenvalue weighted by Gasteiger charge is -2.23. The van der Waals surface area contributed by atoms with Crippen LogP contribution in [0.2, 0.25) is 0 Å². The highest BCUT2D eigenvalue weighted by Gasteiger charge is 2.14. The van der Waals surface area contributed by atoms with Crippen LogP contribution in [0.4, 0.5) is 0 Å². The molecule has 1 saturated heterocycles. The maximum atomic E-state index is 11.5. The predicted octanol–water partition coefficient (Wildman–Crippen LogP) is -0.168. The third-order valence-corrected chi connectivity index (χ3v) is 3.30. The van der Waals surface area contributed by atoms with Crippen molar-refractivity contribution in [3.63, 3.8) is 0 Å². The van der Waals surface area contributed by atoms with E-state index >= 15 is 0 Å². The van der Waals surface area contributed by atoms with Crippen LogP contribution in [0.15, 0.2) is 24.3 Å². The molecule has 1 aromatic rings. The minimum atomic E-state index is -0.321. The zero-order valence-electron chi connectivity index (χ0n) is 11.9. The van der Waals surface area contributed by atoms with Crippen LogP contribution in [-0.2, 0) is 14.3 Å². The van der Waals surface area contributed by atoms with Crippen LogP contribution in [0.25, 0.3) is 0 Å². The highest BCUT2D eigenvalue weighted by Crippen LogP contribution is 2.10. The van der Waals surface area contributed by atoms with Gasteiger partial charge in [0.05, 0.1) is 13.2 Å². The fourth-order valence-corrected chi connectivity index (χ4v) is 2.04. The molecule has 1 aliphatic heterocycles. The number of hydrogen-bond acceptors (Lipinski definition) is 4. The third kappa shape index (κ3) is 5.19. The van der Waals surface area contributed by atoms with Gasteiger partial charge in [0.1, 0.15) is 32.0 Å². The predicted molar refractivity (Wildman–Crippen MR) is 74.0 cm³/mol. The maximum Gasteiger partial charge on any atom is 0.344 e. The van der Waals surface area contributed by atoms with Gasteiger partial charge in [-0.3, -0.25) is 0 Å². The van der Waals surface area contributed by atoms with Crippen molar-refractivity contribution in [2.24, 2.45) is 0 Å². The number of carbonyl (C=O) groups is 1. The molecule has 0 aliphatic carbocycles. The van der Waals surface area contributed by atoms with E-state index in [1.165, 1.54) is 4.90 Å². The fraction of sp³-hybridized carbons (Fsp3) is 0.533. The number of hydrogen-bond donors (Lipinski definition) is 1. The van der Waals surface area contributed by atoms with Crippen LogP contribution in [0.1, 0.15) is 5.56 Å². The summed E-state index contributed by atoms with van der Waals surface area (Å²) in [6.45, 7) is 6.78. The molecule has 5 heteroatoms. The summed E-state index contributed by atoms with van der Waals surface area (Å²) in [4.78, 5) is 13.0. The van der Waals surface area contributed by atoms with Gasteiger partial charge in [-0.1, -0.05) is 17.7 Å². The molecule has 0 bridgehead atoms. The summed E-state index contributed by atoms with van der Waals surface area (Å²) in [6.07, 6.45) is 0. The average Bonchev–Trinajstić information content (AvgIpc) is 2.48. The average molecular weight is 280 g/mol. The molecule has 2 rings (SSSR count). The summed E-state index contributed by atoms with van der Waals surface area (Å²) in [6, 6.07) is 7.59. The first-order valence-corrected chi connectivity index (χ1v) is 7.00. The highest BCUT2D eigenvalue weighted by atomic mass is 16.6. The number of benzene rings is 1. The minimum absolute atomic E-state index is 0.0402. The Bertz CT molecular complexity index is 412. The van der Waals surface area contributed by atoms with Crippen molar-refractivity contribution in [3.05, 3.63) is 29.8 Å². The fourth-order valence-electron chi connectivity index (χ4n) is 2.04. The molecule has 110 valence electrons. The van der Waals surface area contributed by atoms with Gasteiger partial charge >= 0.3 is 5.97 Å². The largest absolute Gasteiger partial charge is 0.482 e. The van der Waals surface area contributed by atoms with Gasteiger partial charge in [-0.25, -0.2) is 4.79 Å². The Morgan fingerprint density at radius 1 is 1.25 bits per heavy atom. The van der Waals surface area contributed by atoms with Crippen LogP contribution >= 0.6 is 0 Å². The molecule has 0 radical (unpaired) electrons. The normalized spacial score (nSPS) is 15.8. The summed E-state index contributed by atoms with van der Waals surface area (Å²) in [5.74, 6) is 0.365. The van der Waals surface area contributed by atoms with Crippen molar-refractivity contribution in [2.45, 2.75) is 6.92 Å².